The zero-order chi connectivity index (χ0) is 17.0. The van der Waals surface area contributed by atoms with Gasteiger partial charge in [0.1, 0.15) is 5.82 Å². The van der Waals surface area contributed by atoms with Crippen LogP contribution in [0.2, 0.25) is 0 Å². The van der Waals surface area contributed by atoms with E-state index in [0.717, 1.165) is 0 Å². The van der Waals surface area contributed by atoms with Crippen LogP contribution < -0.4 is 5.32 Å². The summed E-state index contributed by atoms with van der Waals surface area (Å²) in [4.78, 5) is 16.3. The maximum Gasteiger partial charge on any atom is 0.253 e. The second-order valence-corrected chi connectivity index (χ2v) is 6.56. The highest BCUT2D eigenvalue weighted by molar-refractivity contribution is 5.94. The first kappa shape index (κ1) is 17.1. The van der Waals surface area contributed by atoms with E-state index in [2.05, 4.69) is 10.3 Å². The molecule has 2 aromatic rings. The molecule has 23 heavy (non-hydrogen) atoms. The molecule has 1 heterocycles. The first-order valence-electron chi connectivity index (χ1n) is 7.43. The van der Waals surface area contributed by atoms with Gasteiger partial charge in [0.15, 0.2) is 0 Å². The average molecular weight is 316 g/mol. The van der Waals surface area contributed by atoms with Gasteiger partial charge < -0.3 is 10.4 Å². The minimum Gasteiger partial charge on any atom is -0.386 e. The molecular weight excluding hydrogens is 295 g/mol. The number of hydrogen-bond donors (Lipinski definition) is 2. The van der Waals surface area contributed by atoms with Gasteiger partial charge in [0, 0.05) is 12.4 Å². The van der Waals surface area contributed by atoms with Gasteiger partial charge in [0.05, 0.1) is 17.7 Å². The Morgan fingerprint density at radius 3 is 2.57 bits per heavy atom. The first-order valence-corrected chi connectivity index (χ1v) is 7.43. The minimum atomic E-state index is -1.02. The molecule has 0 bridgehead atoms. The van der Waals surface area contributed by atoms with E-state index in [1.165, 1.54) is 24.4 Å². The highest BCUT2D eigenvalue weighted by Crippen LogP contribution is 2.30. The summed E-state index contributed by atoms with van der Waals surface area (Å²) in [6, 6.07) is 8.51. The number of carbonyl (C=O) groups is 1. The lowest BCUT2D eigenvalue weighted by Crippen LogP contribution is -2.47. The number of benzene rings is 1. The molecule has 1 unspecified atom stereocenters. The normalized spacial score (nSPS) is 14.1. The third kappa shape index (κ3) is 4.36. The lowest BCUT2D eigenvalue weighted by molar-refractivity contribution is 0.0578. The molecular formula is C18H21FN2O2. The predicted molar refractivity (Wildman–Crippen MR) is 86.3 cm³/mol. The molecule has 0 fully saturated rings. The summed E-state index contributed by atoms with van der Waals surface area (Å²) in [6.45, 7) is 5.72. The lowest BCUT2D eigenvalue weighted by atomic mass is 9.81. The smallest absolute Gasteiger partial charge is 0.253 e. The molecule has 1 amide bonds. The van der Waals surface area contributed by atoms with Gasteiger partial charge in [0.25, 0.3) is 5.91 Å². The molecule has 4 nitrogen and oxygen atoms in total. The standard InChI is InChI=1S/C18H21FN2O2/c1-18(2,3)16(15(22)12-6-4-8-14(19)10-12)21-17(23)13-7-5-9-20-11-13/h4-11,15-16,22H,1-3H3,(H,21,23)/t15?,16-/m1/s1. The fraction of sp³-hybridized carbons (Fsp3) is 0.333. The summed E-state index contributed by atoms with van der Waals surface area (Å²) < 4.78 is 13.4. The number of nitrogens with zero attached hydrogens (tertiary/aromatic N) is 1. The summed E-state index contributed by atoms with van der Waals surface area (Å²) in [6.07, 6.45) is 2.02. The van der Waals surface area contributed by atoms with Crippen LogP contribution in [0.25, 0.3) is 0 Å². The molecule has 0 radical (unpaired) electrons. The van der Waals surface area contributed by atoms with E-state index in [0.29, 0.717) is 11.1 Å². The van der Waals surface area contributed by atoms with E-state index in [1.54, 1.807) is 24.4 Å². The van der Waals surface area contributed by atoms with E-state index in [-0.39, 0.29) is 5.91 Å². The van der Waals surface area contributed by atoms with Crippen LogP contribution >= 0.6 is 0 Å². The van der Waals surface area contributed by atoms with Crippen LogP contribution in [0.3, 0.4) is 0 Å². The zero-order valence-electron chi connectivity index (χ0n) is 13.5. The molecule has 2 N–H and O–H groups in total. The number of hydrogen-bond acceptors (Lipinski definition) is 3. The third-order valence-corrected chi connectivity index (χ3v) is 3.65. The number of aliphatic hydroxyl groups is 1. The monoisotopic (exact) mass is 316 g/mol. The number of carbonyl (C=O) groups excluding carboxylic acids is 1. The number of pyridine rings is 1. The topological polar surface area (TPSA) is 62.2 Å². The van der Waals surface area contributed by atoms with E-state index in [9.17, 15) is 14.3 Å². The Kier molecular flexibility index (Phi) is 5.11. The first-order chi connectivity index (χ1) is 10.8. The van der Waals surface area contributed by atoms with Crippen molar-refractivity contribution in [3.05, 3.63) is 65.7 Å². The Bertz CT molecular complexity index is 668. The number of aromatic nitrogens is 1. The van der Waals surface area contributed by atoms with Crippen molar-refractivity contribution in [3.8, 4) is 0 Å². The quantitative estimate of drug-likeness (QED) is 0.911. The Labute approximate surface area is 135 Å². The summed E-state index contributed by atoms with van der Waals surface area (Å²) in [7, 11) is 0. The number of aliphatic hydroxyl groups excluding tert-OH is 1. The van der Waals surface area contributed by atoms with Crippen molar-refractivity contribution >= 4 is 5.91 Å². The van der Waals surface area contributed by atoms with Gasteiger partial charge in [0.2, 0.25) is 0 Å². The van der Waals surface area contributed by atoms with Gasteiger partial charge in [-0.3, -0.25) is 9.78 Å². The number of nitrogens with one attached hydrogen (secondary N) is 1. The Hall–Kier alpha value is -2.27. The van der Waals surface area contributed by atoms with Gasteiger partial charge in [-0.05, 0) is 35.2 Å². The van der Waals surface area contributed by atoms with Crippen molar-refractivity contribution < 1.29 is 14.3 Å². The highest BCUT2D eigenvalue weighted by Gasteiger charge is 2.33. The van der Waals surface area contributed by atoms with Gasteiger partial charge in [-0.25, -0.2) is 4.39 Å². The Morgan fingerprint density at radius 1 is 1.26 bits per heavy atom. The predicted octanol–water partition coefficient (Wildman–Crippen LogP) is 3.10. The molecule has 0 spiro atoms. The molecule has 2 rings (SSSR count). The van der Waals surface area contributed by atoms with Gasteiger partial charge in [-0.2, -0.15) is 0 Å². The van der Waals surface area contributed by atoms with Crippen LogP contribution in [-0.4, -0.2) is 22.0 Å². The summed E-state index contributed by atoms with van der Waals surface area (Å²) >= 11 is 0. The molecule has 1 aromatic heterocycles. The maximum absolute atomic E-state index is 13.4. The molecule has 0 aliphatic rings. The van der Waals surface area contributed by atoms with Gasteiger partial charge in [-0.1, -0.05) is 32.9 Å². The molecule has 1 aromatic carbocycles. The Balaban J connectivity index is 2.26. The van der Waals surface area contributed by atoms with Crippen LogP contribution in [0.1, 0.15) is 42.8 Å². The van der Waals surface area contributed by atoms with Crippen molar-refractivity contribution in [2.75, 3.05) is 0 Å². The van der Waals surface area contributed by atoms with Crippen molar-refractivity contribution in [1.29, 1.82) is 0 Å². The minimum absolute atomic E-state index is 0.325. The molecule has 0 saturated heterocycles. The van der Waals surface area contributed by atoms with Crippen LogP contribution in [0.5, 0.6) is 0 Å². The van der Waals surface area contributed by atoms with E-state index < -0.39 is 23.4 Å². The lowest BCUT2D eigenvalue weighted by Gasteiger charge is -2.35. The largest absolute Gasteiger partial charge is 0.386 e. The summed E-state index contributed by atoms with van der Waals surface area (Å²) in [5.74, 6) is -0.749. The van der Waals surface area contributed by atoms with Gasteiger partial charge in [-0.15, -0.1) is 0 Å². The Morgan fingerprint density at radius 2 is 2.00 bits per heavy atom. The van der Waals surface area contributed by atoms with Crippen LogP contribution in [0.15, 0.2) is 48.8 Å². The fourth-order valence-electron chi connectivity index (χ4n) is 2.37. The van der Waals surface area contributed by atoms with Gasteiger partial charge >= 0.3 is 0 Å². The van der Waals surface area contributed by atoms with Crippen molar-refractivity contribution in [3.63, 3.8) is 0 Å². The van der Waals surface area contributed by atoms with Crippen LogP contribution in [-0.2, 0) is 0 Å². The molecule has 5 heteroatoms. The number of rotatable bonds is 4. The number of halogens is 1. The van der Waals surface area contributed by atoms with Crippen molar-refractivity contribution in [2.45, 2.75) is 32.9 Å². The molecule has 0 aliphatic heterocycles. The SMILES string of the molecule is CC(C)(C)[C@H](NC(=O)c1cccnc1)C(O)c1cccc(F)c1. The van der Waals surface area contributed by atoms with E-state index in [1.807, 2.05) is 20.8 Å². The number of amides is 1. The molecule has 0 saturated carbocycles. The third-order valence-electron chi connectivity index (χ3n) is 3.65. The fourth-order valence-corrected chi connectivity index (χ4v) is 2.37. The van der Waals surface area contributed by atoms with Crippen molar-refractivity contribution in [2.24, 2.45) is 5.41 Å². The highest BCUT2D eigenvalue weighted by atomic mass is 19.1. The second kappa shape index (κ2) is 6.87. The zero-order valence-corrected chi connectivity index (χ0v) is 13.5. The maximum atomic E-state index is 13.4. The van der Waals surface area contributed by atoms with E-state index in [4.69, 9.17) is 0 Å². The van der Waals surface area contributed by atoms with Crippen LogP contribution in [0.4, 0.5) is 4.39 Å². The van der Waals surface area contributed by atoms with E-state index >= 15 is 0 Å². The van der Waals surface area contributed by atoms with Crippen LogP contribution in [0, 0.1) is 11.2 Å². The summed E-state index contributed by atoms with van der Waals surface area (Å²) in [5.41, 5.74) is 0.411. The second-order valence-electron chi connectivity index (χ2n) is 6.56. The average Bonchev–Trinajstić information content (AvgIpc) is 2.51. The molecule has 0 aliphatic carbocycles. The molecule has 122 valence electrons. The molecule has 2 atom stereocenters. The van der Waals surface area contributed by atoms with Crippen molar-refractivity contribution in [1.82, 2.24) is 10.3 Å². The summed E-state index contributed by atoms with van der Waals surface area (Å²) in [5, 5.41) is 13.5.